The van der Waals surface area contributed by atoms with Crippen molar-refractivity contribution in [1.29, 1.82) is 0 Å². The monoisotopic (exact) mass is 1600 g/mol. The lowest BCUT2D eigenvalue weighted by atomic mass is 9.84. The summed E-state index contributed by atoms with van der Waals surface area (Å²) in [5, 5.41) is 11.0. The van der Waals surface area contributed by atoms with Crippen LogP contribution in [-0.4, -0.2) is 224 Å². The number of halogens is 1. The van der Waals surface area contributed by atoms with Crippen LogP contribution in [0.3, 0.4) is 0 Å². The summed E-state index contributed by atoms with van der Waals surface area (Å²) in [6.07, 6.45) is 2.01. The molecule has 1 aliphatic carbocycles. The minimum Gasteiger partial charge on any atom is -0.461 e. The second-order valence-corrected chi connectivity index (χ2v) is 33.8. The molecule has 2 aliphatic heterocycles. The van der Waals surface area contributed by atoms with Gasteiger partial charge < -0.3 is 55.7 Å². The number of carbonyl (C=O) groups is 14. The first-order chi connectivity index (χ1) is 53.4. The van der Waals surface area contributed by atoms with Crippen molar-refractivity contribution in [1.82, 2.24) is 40.9 Å². The first kappa shape index (κ1) is 95.6. The number of likely N-dealkylation sites (tertiary alicyclic amines) is 2. The molecule has 0 radical (unpaired) electrons. The third kappa shape index (κ3) is 30.0. The molecule has 1 unspecified atom stereocenters. The minimum atomic E-state index is -1.04. The number of rotatable bonds is 52. The van der Waals surface area contributed by atoms with Crippen LogP contribution in [0.2, 0.25) is 0 Å². The Bertz CT molecular complexity index is 3550. The minimum absolute atomic E-state index is 0.00134. The Labute approximate surface area is 671 Å². The number of primary amides is 1. The van der Waals surface area contributed by atoms with E-state index in [1.807, 2.05) is 74.4 Å². The SMILES string of the molecule is CC[C@H](C)[C@H](NC(=O)[C@@H](CC(=O)[C@H](C(C)C)N(C)C)C(C)C)[C@@H](CC(=O)N1C[C@@H](OC(=O)N(C)CCCC(=O)OCc2ccc(CC(=O)[C@H](CCCCC(N)=O)NC(=O)[C@@H](CC(=O)CCCCCN3C(=O)CC(SCC4(CC(=O)NC)CC4)C3=O)C(C)C)cc2)C[C@H]1[C@H](OC)[C@@H](C)C(=O)N[C@@H](C)C(=O)c1ccc(F)cc1)OC. The standard InChI is InChI=1S/C84H128FN9O18S/c1-17-53(8)75(90-81(106)63(51(4)5)43-67(97)76(52(6)7)91(12)13)68(109-15)44-72(100)94-47-61(42-65(94)78(110-16)54(9)79(104)88-55(10)77(103)58-32-34-59(85)35-33-58)112-83(108)92(14)38-23-27-74(102)111-48-57-30-28-56(29-31-57)40-66(96)64(25-20-21-26-70(86)98)89-80(105)62(50(2)3)41-60(95)24-19-18-22-39-93-73(101)45-69(82(93)107)113-49-84(36-37-84)46-71(99)87-11/h28-35,50-55,61-65,68-69,75-76,78H,17-27,36-49H2,1-16H3,(H2,86,98)(H,87,99)(H,88,104)(H,89,105)(H,90,106)/t53-,54+,55-,61-,62-,63-,64-,65-,68+,69?,75-,76-,78+/m0/s1. The maximum Gasteiger partial charge on any atom is 0.409 e. The lowest BCUT2D eigenvalue weighted by molar-refractivity contribution is -0.145. The largest absolute Gasteiger partial charge is 0.461 e. The Balaban J connectivity index is 1.16. The van der Waals surface area contributed by atoms with Gasteiger partial charge in [-0.3, -0.25) is 72.1 Å². The van der Waals surface area contributed by atoms with Gasteiger partial charge in [0.25, 0.3) is 0 Å². The van der Waals surface area contributed by atoms with E-state index in [2.05, 4.69) is 21.3 Å². The number of ether oxygens (including phenoxy) is 4. The highest BCUT2D eigenvalue weighted by Crippen LogP contribution is 2.52. The zero-order valence-electron chi connectivity index (χ0n) is 69.5. The third-order valence-electron chi connectivity index (χ3n) is 22.4. The molecule has 2 saturated heterocycles. The number of thioether (sulfide) groups is 1. The number of nitrogens with one attached hydrogen (secondary N) is 4. The molecule has 29 heteroatoms. The van der Waals surface area contributed by atoms with Gasteiger partial charge in [-0.2, -0.15) is 0 Å². The predicted octanol–water partition coefficient (Wildman–Crippen LogP) is 8.69. The van der Waals surface area contributed by atoms with Crippen molar-refractivity contribution in [3.63, 3.8) is 0 Å². The summed E-state index contributed by atoms with van der Waals surface area (Å²) in [7, 11) is 9.59. The van der Waals surface area contributed by atoms with E-state index in [9.17, 15) is 66.7 Å². The molecule has 2 aromatic carbocycles. The summed E-state index contributed by atoms with van der Waals surface area (Å²) < 4.78 is 37.5. The fourth-order valence-electron chi connectivity index (χ4n) is 15.0. The van der Waals surface area contributed by atoms with E-state index < -0.39 is 119 Å². The Kier molecular flexibility index (Phi) is 39.3. The lowest BCUT2D eigenvalue weighted by Gasteiger charge is -2.36. The average Bonchev–Trinajstić information content (AvgIpc) is 1.66. The van der Waals surface area contributed by atoms with Gasteiger partial charge in [0.1, 0.15) is 24.3 Å². The van der Waals surface area contributed by atoms with E-state index in [-0.39, 0.29) is 172 Å². The van der Waals surface area contributed by atoms with Crippen molar-refractivity contribution in [2.45, 2.75) is 258 Å². The predicted molar refractivity (Wildman–Crippen MR) is 427 cm³/mol. The van der Waals surface area contributed by atoms with E-state index in [0.29, 0.717) is 61.8 Å². The number of nitrogens with zero attached hydrogens (tertiary/aromatic N) is 4. The van der Waals surface area contributed by atoms with Crippen molar-refractivity contribution in [2.24, 2.45) is 52.6 Å². The van der Waals surface area contributed by atoms with Gasteiger partial charge in [-0.05, 0) is 130 Å². The second kappa shape index (κ2) is 46.5. The van der Waals surface area contributed by atoms with Crippen LogP contribution in [0.15, 0.2) is 48.5 Å². The molecule has 9 amide bonds. The van der Waals surface area contributed by atoms with Gasteiger partial charge in [0.2, 0.25) is 47.3 Å². The first-order valence-electron chi connectivity index (χ1n) is 40.3. The van der Waals surface area contributed by atoms with Crippen LogP contribution in [0.4, 0.5) is 9.18 Å². The van der Waals surface area contributed by atoms with E-state index in [1.165, 1.54) is 66.8 Å². The number of benzene rings is 2. The van der Waals surface area contributed by atoms with Gasteiger partial charge in [-0.15, -0.1) is 11.8 Å². The van der Waals surface area contributed by atoms with Crippen LogP contribution in [0.25, 0.3) is 0 Å². The summed E-state index contributed by atoms with van der Waals surface area (Å²) >= 11 is 1.45. The number of ketones is 4. The quantitative estimate of drug-likeness (QED) is 0.0179. The highest BCUT2D eigenvalue weighted by atomic mass is 32.2. The normalized spacial score (nSPS) is 18.6. The Morgan fingerprint density at radius 3 is 1.92 bits per heavy atom. The summed E-state index contributed by atoms with van der Waals surface area (Å²) in [5.41, 5.74) is 6.70. The molecule has 0 bridgehead atoms. The number of unbranched alkanes of at least 4 members (excludes halogenated alkanes) is 3. The fourth-order valence-corrected chi connectivity index (χ4v) is 16.5. The third-order valence-corrected chi connectivity index (χ3v) is 24.0. The summed E-state index contributed by atoms with van der Waals surface area (Å²) in [5.74, 6) is -7.30. The molecule has 3 fully saturated rings. The van der Waals surface area contributed by atoms with Crippen LogP contribution in [0, 0.1) is 52.7 Å². The number of methoxy groups -OCH3 is 2. The Hall–Kier alpha value is -8.02. The number of nitrogens with two attached hydrogens (primary N) is 1. The molecule has 27 nitrogen and oxygen atoms in total. The maximum atomic E-state index is 15.0. The van der Waals surface area contributed by atoms with Gasteiger partial charge in [0.05, 0.1) is 66.6 Å². The van der Waals surface area contributed by atoms with Crippen LogP contribution in [0.5, 0.6) is 0 Å². The number of amides is 9. The highest BCUT2D eigenvalue weighted by Gasteiger charge is 2.49. The van der Waals surface area contributed by atoms with Gasteiger partial charge in [0.15, 0.2) is 17.3 Å². The van der Waals surface area contributed by atoms with Crippen molar-refractivity contribution >= 4 is 94.2 Å². The molecular weight excluding hydrogens is 1470 g/mol. The van der Waals surface area contributed by atoms with Crippen LogP contribution in [0.1, 0.15) is 213 Å². The average molecular weight is 1600 g/mol. The van der Waals surface area contributed by atoms with Crippen LogP contribution in [-0.2, 0) is 89.5 Å². The Morgan fingerprint density at radius 2 is 1.34 bits per heavy atom. The molecule has 2 aromatic rings. The maximum absolute atomic E-state index is 15.0. The van der Waals surface area contributed by atoms with Gasteiger partial charge in [-0.25, -0.2) is 9.18 Å². The van der Waals surface area contributed by atoms with Gasteiger partial charge in [-0.1, -0.05) is 106 Å². The number of imide groups is 1. The number of Topliss-reactive ketones (excluding diaryl/α,β-unsaturated/α-hetero) is 4. The van der Waals surface area contributed by atoms with Crippen LogP contribution >= 0.6 is 11.8 Å². The topological polar surface area (TPSA) is 363 Å². The van der Waals surface area contributed by atoms with Crippen molar-refractivity contribution in [3.8, 4) is 0 Å². The Morgan fingerprint density at radius 1 is 0.708 bits per heavy atom. The molecule has 113 heavy (non-hydrogen) atoms. The summed E-state index contributed by atoms with van der Waals surface area (Å²) in [4.78, 5) is 195. The molecular formula is C84H128FN9O18S. The van der Waals surface area contributed by atoms with Crippen molar-refractivity contribution in [2.75, 3.05) is 67.8 Å². The second-order valence-electron chi connectivity index (χ2n) is 32.6. The summed E-state index contributed by atoms with van der Waals surface area (Å²) in [6, 6.07) is 7.81. The summed E-state index contributed by atoms with van der Waals surface area (Å²) in [6.45, 7) is 18.4. The first-order valence-corrected chi connectivity index (χ1v) is 41.3. The van der Waals surface area contributed by atoms with E-state index in [1.54, 1.807) is 38.2 Å². The van der Waals surface area contributed by atoms with E-state index in [4.69, 9.17) is 24.7 Å². The molecule has 3 aliphatic rings. The molecule has 5 rings (SSSR count). The molecule has 630 valence electrons. The molecule has 1 saturated carbocycles. The number of carbonyl (C=O) groups excluding carboxylic acids is 14. The zero-order valence-corrected chi connectivity index (χ0v) is 70.4. The number of esters is 1. The zero-order chi connectivity index (χ0) is 84.1. The molecule has 0 aromatic heterocycles. The van der Waals surface area contributed by atoms with Gasteiger partial charge >= 0.3 is 12.1 Å². The van der Waals surface area contributed by atoms with Crippen molar-refractivity contribution < 1.29 is 90.5 Å². The highest BCUT2D eigenvalue weighted by molar-refractivity contribution is 8.00. The smallest absolute Gasteiger partial charge is 0.409 e. The number of hydrogen-bond donors (Lipinski definition) is 5. The molecule has 13 atom stereocenters. The van der Waals surface area contributed by atoms with E-state index in [0.717, 1.165) is 25.0 Å². The lowest BCUT2D eigenvalue weighted by Crippen LogP contribution is -2.54. The van der Waals surface area contributed by atoms with Gasteiger partial charge in [0, 0.05) is 122 Å². The molecule has 2 heterocycles. The van der Waals surface area contributed by atoms with E-state index >= 15 is 4.79 Å². The molecule has 6 N–H and O–H groups in total. The number of hydrogen-bond acceptors (Lipinski definition) is 20. The van der Waals surface area contributed by atoms with Crippen molar-refractivity contribution in [3.05, 3.63) is 71.0 Å². The number of likely N-dealkylation sites (N-methyl/N-ethyl adjacent to an activating group) is 1. The molecule has 0 spiro atoms. The van der Waals surface area contributed by atoms with Crippen LogP contribution < -0.4 is 27.0 Å². The fraction of sp³-hybridized carbons (Fsp3) is 0.690.